The molecule has 3 rings (SSSR count). The van der Waals surface area contributed by atoms with Crippen molar-refractivity contribution in [2.75, 3.05) is 14.2 Å². The number of nitrogens with zero attached hydrogens (tertiary/aromatic N) is 1. The summed E-state index contributed by atoms with van der Waals surface area (Å²) in [4.78, 5) is 17.3. The van der Waals surface area contributed by atoms with Gasteiger partial charge in [-0.15, -0.1) is 0 Å². The van der Waals surface area contributed by atoms with Crippen LogP contribution >= 0.6 is 27.7 Å². The van der Waals surface area contributed by atoms with E-state index >= 15 is 0 Å². The maximum absolute atomic E-state index is 12.2. The van der Waals surface area contributed by atoms with E-state index in [2.05, 4.69) is 26.2 Å². The zero-order valence-electron chi connectivity index (χ0n) is 13.6. The lowest BCUT2D eigenvalue weighted by Gasteiger charge is -2.07. The van der Waals surface area contributed by atoms with Crippen molar-refractivity contribution in [3.8, 4) is 11.5 Å². The maximum atomic E-state index is 12.2. The van der Waals surface area contributed by atoms with Gasteiger partial charge < -0.3 is 14.8 Å². The third-order valence-electron chi connectivity index (χ3n) is 3.45. The smallest absolute Gasteiger partial charge is 0.264 e. The van der Waals surface area contributed by atoms with Crippen molar-refractivity contribution in [2.24, 2.45) is 4.99 Å². The fourth-order valence-electron chi connectivity index (χ4n) is 2.21. The summed E-state index contributed by atoms with van der Waals surface area (Å²) in [7, 11) is 3.18. The van der Waals surface area contributed by atoms with Crippen LogP contribution in [0.25, 0.3) is 6.08 Å². The lowest BCUT2D eigenvalue weighted by Crippen LogP contribution is -2.19. The van der Waals surface area contributed by atoms with Gasteiger partial charge in [0.1, 0.15) is 11.5 Å². The van der Waals surface area contributed by atoms with Crippen LogP contribution in [0.1, 0.15) is 5.56 Å². The van der Waals surface area contributed by atoms with E-state index in [9.17, 15) is 4.79 Å². The normalized spacial score (nSPS) is 17.0. The lowest BCUT2D eigenvalue weighted by molar-refractivity contribution is -0.115. The molecule has 1 amide bonds. The number of nitrogens with one attached hydrogen (secondary N) is 1. The Morgan fingerprint density at radius 3 is 2.68 bits per heavy atom. The molecule has 0 aromatic heterocycles. The van der Waals surface area contributed by atoms with Gasteiger partial charge >= 0.3 is 0 Å². The molecule has 1 aliphatic heterocycles. The number of methoxy groups -OCH3 is 2. The molecule has 1 heterocycles. The van der Waals surface area contributed by atoms with Crippen molar-refractivity contribution in [3.05, 3.63) is 57.4 Å². The summed E-state index contributed by atoms with van der Waals surface area (Å²) in [6.45, 7) is 0. The predicted molar refractivity (Wildman–Crippen MR) is 104 cm³/mol. The first kappa shape index (κ1) is 17.6. The van der Waals surface area contributed by atoms with Gasteiger partial charge in [-0.2, -0.15) is 0 Å². The molecule has 1 fully saturated rings. The monoisotopic (exact) mass is 418 g/mol. The summed E-state index contributed by atoms with van der Waals surface area (Å²) in [6, 6.07) is 13.0. The molecule has 1 aliphatic rings. The van der Waals surface area contributed by atoms with Gasteiger partial charge in [0, 0.05) is 16.1 Å². The number of thioether (sulfide) groups is 1. The number of carbonyl (C=O) groups is 1. The van der Waals surface area contributed by atoms with Crippen molar-refractivity contribution < 1.29 is 14.3 Å². The number of carbonyl (C=O) groups excluding carboxylic acids is 1. The molecule has 0 unspecified atom stereocenters. The number of amidine groups is 1. The Hall–Kier alpha value is -2.25. The van der Waals surface area contributed by atoms with Crippen LogP contribution in [0.4, 0.5) is 5.69 Å². The van der Waals surface area contributed by atoms with Crippen LogP contribution in [0.15, 0.2) is 56.8 Å². The van der Waals surface area contributed by atoms with Crippen LogP contribution in [0.2, 0.25) is 0 Å². The number of para-hydroxylation sites is 1. The second-order valence-electron chi connectivity index (χ2n) is 5.04. The first-order chi connectivity index (χ1) is 12.1. The molecule has 5 nitrogen and oxygen atoms in total. The quantitative estimate of drug-likeness (QED) is 0.749. The first-order valence-electron chi connectivity index (χ1n) is 7.37. The molecule has 1 N–H and O–H groups in total. The Morgan fingerprint density at radius 1 is 1.16 bits per heavy atom. The van der Waals surface area contributed by atoms with Gasteiger partial charge in [-0.3, -0.25) is 4.79 Å². The van der Waals surface area contributed by atoms with E-state index in [0.717, 1.165) is 15.7 Å². The second-order valence-corrected chi connectivity index (χ2v) is 6.93. The van der Waals surface area contributed by atoms with Crippen molar-refractivity contribution in [1.29, 1.82) is 0 Å². The Bertz CT molecular complexity index is 880. The van der Waals surface area contributed by atoms with Crippen molar-refractivity contribution in [2.45, 2.75) is 0 Å². The zero-order chi connectivity index (χ0) is 17.8. The molecule has 1 saturated heterocycles. The number of hydrogen-bond donors (Lipinski definition) is 1. The fraction of sp³-hybridized carbons (Fsp3) is 0.111. The van der Waals surface area contributed by atoms with Gasteiger partial charge in [0.15, 0.2) is 5.17 Å². The van der Waals surface area contributed by atoms with Gasteiger partial charge in [-0.1, -0.05) is 12.1 Å². The highest BCUT2D eigenvalue weighted by Gasteiger charge is 2.24. The van der Waals surface area contributed by atoms with Gasteiger partial charge in [-0.25, -0.2) is 4.99 Å². The predicted octanol–water partition coefficient (Wildman–Crippen LogP) is 4.36. The minimum atomic E-state index is -0.186. The molecular formula is C18H15BrN2O3S. The van der Waals surface area contributed by atoms with Gasteiger partial charge in [0.05, 0.1) is 24.8 Å². The van der Waals surface area contributed by atoms with E-state index < -0.39 is 0 Å². The molecular weight excluding hydrogens is 404 g/mol. The van der Waals surface area contributed by atoms with Gasteiger partial charge in [0.25, 0.3) is 5.91 Å². The molecule has 25 heavy (non-hydrogen) atoms. The summed E-state index contributed by atoms with van der Waals surface area (Å²) >= 11 is 4.74. The minimum Gasteiger partial charge on any atom is -0.497 e. The van der Waals surface area contributed by atoms with Gasteiger partial charge in [-0.05, 0) is 58.0 Å². The fourth-order valence-corrected chi connectivity index (χ4v) is 3.41. The third-order valence-corrected chi connectivity index (χ3v) is 5.03. The van der Waals surface area contributed by atoms with Crippen LogP contribution in [-0.2, 0) is 4.79 Å². The molecule has 2 aromatic rings. The number of aliphatic imine (C=N–C) groups is 1. The number of halogens is 1. The van der Waals surface area contributed by atoms with E-state index in [1.54, 1.807) is 26.4 Å². The molecule has 0 atom stereocenters. The van der Waals surface area contributed by atoms with E-state index in [1.165, 1.54) is 11.8 Å². The van der Waals surface area contributed by atoms with Crippen molar-refractivity contribution in [3.63, 3.8) is 0 Å². The lowest BCUT2D eigenvalue weighted by atomic mass is 10.1. The molecule has 0 saturated carbocycles. The van der Waals surface area contributed by atoms with Crippen molar-refractivity contribution >= 4 is 50.5 Å². The van der Waals surface area contributed by atoms with Crippen LogP contribution in [-0.4, -0.2) is 25.3 Å². The SMILES string of the molecule is COc1ccc(/C=C2/SC(=Nc3ccccc3Br)NC2=O)c(OC)c1. The average molecular weight is 419 g/mol. The van der Waals surface area contributed by atoms with Crippen LogP contribution in [0.3, 0.4) is 0 Å². The topological polar surface area (TPSA) is 59.9 Å². The maximum Gasteiger partial charge on any atom is 0.264 e. The standard InChI is InChI=1S/C18H15BrN2O3S/c1-23-12-8-7-11(15(10-12)24-2)9-16-17(22)21-18(25-16)20-14-6-4-3-5-13(14)19/h3-10H,1-2H3,(H,20,21,22)/b16-9+. The third kappa shape index (κ3) is 4.05. The first-order valence-corrected chi connectivity index (χ1v) is 8.98. The molecule has 0 bridgehead atoms. The van der Waals surface area contributed by atoms with Gasteiger partial charge in [0.2, 0.25) is 0 Å². The summed E-state index contributed by atoms with van der Waals surface area (Å²) in [5.41, 5.74) is 1.55. The molecule has 7 heteroatoms. The summed E-state index contributed by atoms with van der Waals surface area (Å²) in [5, 5.41) is 3.32. The molecule has 128 valence electrons. The number of rotatable bonds is 4. The van der Waals surface area contributed by atoms with Crippen LogP contribution in [0.5, 0.6) is 11.5 Å². The molecule has 0 radical (unpaired) electrons. The summed E-state index contributed by atoms with van der Waals surface area (Å²) in [5.74, 6) is 1.14. The number of benzene rings is 2. The molecule has 0 aliphatic carbocycles. The Kier molecular flexibility index (Phi) is 5.45. The van der Waals surface area contributed by atoms with Crippen molar-refractivity contribution in [1.82, 2.24) is 5.32 Å². The number of amides is 1. The van der Waals surface area contributed by atoms with E-state index in [0.29, 0.717) is 21.6 Å². The van der Waals surface area contributed by atoms with Crippen LogP contribution < -0.4 is 14.8 Å². The Morgan fingerprint density at radius 2 is 1.96 bits per heavy atom. The average Bonchev–Trinajstić information content (AvgIpc) is 2.96. The zero-order valence-corrected chi connectivity index (χ0v) is 16.0. The number of ether oxygens (including phenoxy) is 2. The van der Waals surface area contributed by atoms with E-state index in [-0.39, 0.29) is 5.91 Å². The number of hydrogen-bond acceptors (Lipinski definition) is 5. The van der Waals surface area contributed by atoms with E-state index in [1.807, 2.05) is 36.4 Å². The highest BCUT2D eigenvalue weighted by molar-refractivity contribution is 9.10. The van der Waals surface area contributed by atoms with Crippen LogP contribution in [0, 0.1) is 0 Å². The summed E-state index contributed by atoms with van der Waals surface area (Å²) < 4.78 is 11.4. The molecule has 2 aromatic carbocycles. The highest BCUT2D eigenvalue weighted by Crippen LogP contribution is 2.33. The summed E-state index contributed by atoms with van der Waals surface area (Å²) in [6.07, 6.45) is 1.78. The highest BCUT2D eigenvalue weighted by atomic mass is 79.9. The minimum absolute atomic E-state index is 0.186. The second kappa shape index (κ2) is 7.76. The van der Waals surface area contributed by atoms with E-state index in [4.69, 9.17) is 9.47 Å². The largest absolute Gasteiger partial charge is 0.497 e. The Labute approximate surface area is 158 Å². The Balaban J connectivity index is 1.88. The molecule has 0 spiro atoms.